The topological polar surface area (TPSA) is 70.2 Å². The molecule has 0 bridgehead atoms. The van der Waals surface area contributed by atoms with Crippen LogP contribution in [0.15, 0.2) is 0 Å². The van der Waals surface area contributed by atoms with Crippen LogP contribution < -0.4 is 16.0 Å². The molecule has 2 aliphatic rings. The lowest BCUT2D eigenvalue weighted by atomic mass is 9.89. The van der Waals surface area contributed by atoms with E-state index in [-0.39, 0.29) is 17.9 Å². The van der Waals surface area contributed by atoms with E-state index in [1.807, 2.05) is 0 Å². The first-order valence-corrected chi connectivity index (χ1v) is 8.49. The van der Waals surface area contributed by atoms with E-state index >= 15 is 0 Å². The number of hydrogen-bond donors (Lipinski definition) is 3. The molecule has 2 atom stereocenters. The second kappa shape index (κ2) is 8.25. The summed E-state index contributed by atoms with van der Waals surface area (Å²) in [5.74, 6) is 0.912. The normalized spacial score (nSPS) is 26.3. The van der Waals surface area contributed by atoms with Crippen LogP contribution in [-0.2, 0) is 4.79 Å². The summed E-state index contributed by atoms with van der Waals surface area (Å²) in [6, 6.07) is 0.197. The Balaban J connectivity index is 1.54. The van der Waals surface area contributed by atoms with Crippen LogP contribution in [0.25, 0.3) is 0 Å². The maximum atomic E-state index is 11.9. The van der Waals surface area contributed by atoms with Crippen LogP contribution in [0, 0.1) is 11.8 Å². The number of amides is 3. The minimum Gasteiger partial charge on any atom is -0.354 e. The number of urea groups is 1. The molecule has 120 valence electrons. The molecule has 5 heteroatoms. The van der Waals surface area contributed by atoms with Crippen molar-refractivity contribution < 1.29 is 9.59 Å². The van der Waals surface area contributed by atoms with Crippen molar-refractivity contribution in [2.75, 3.05) is 13.1 Å². The average Bonchev–Trinajstić information content (AvgIpc) is 2.89. The van der Waals surface area contributed by atoms with Crippen LogP contribution >= 0.6 is 0 Å². The highest BCUT2D eigenvalue weighted by atomic mass is 16.2. The van der Waals surface area contributed by atoms with Crippen LogP contribution in [-0.4, -0.2) is 31.1 Å². The molecule has 2 saturated carbocycles. The minimum atomic E-state index is -0.110. The van der Waals surface area contributed by atoms with Crippen LogP contribution in [0.1, 0.15) is 58.3 Å². The fourth-order valence-electron chi connectivity index (χ4n) is 3.45. The van der Waals surface area contributed by atoms with Crippen molar-refractivity contribution in [1.29, 1.82) is 0 Å². The Morgan fingerprint density at radius 1 is 0.905 bits per heavy atom. The maximum Gasteiger partial charge on any atom is 0.315 e. The summed E-state index contributed by atoms with van der Waals surface area (Å²) in [7, 11) is 0. The molecular formula is C16H29N3O2. The van der Waals surface area contributed by atoms with Gasteiger partial charge < -0.3 is 16.0 Å². The maximum absolute atomic E-state index is 11.9. The Bertz CT molecular complexity index is 353. The molecule has 0 aromatic rings. The van der Waals surface area contributed by atoms with Gasteiger partial charge in [-0.25, -0.2) is 4.79 Å². The Labute approximate surface area is 127 Å². The van der Waals surface area contributed by atoms with E-state index in [1.54, 1.807) is 0 Å². The Kier molecular flexibility index (Phi) is 6.33. The summed E-state index contributed by atoms with van der Waals surface area (Å²) in [6.07, 6.45) is 9.08. The SMILES string of the molecule is C[C@H]1CCC[C@H]1NC(=O)NCCNC(=O)C1CCCCC1. The van der Waals surface area contributed by atoms with Gasteiger partial charge in [-0.3, -0.25) is 4.79 Å². The number of rotatable bonds is 5. The molecule has 2 fully saturated rings. The molecular weight excluding hydrogens is 266 g/mol. The Hall–Kier alpha value is -1.26. The van der Waals surface area contributed by atoms with E-state index in [4.69, 9.17) is 0 Å². The second-order valence-electron chi connectivity index (χ2n) is 6.54. The van der Waals surface area contributed by atoms with Crippen LogP contribution in [0.5, 0.6) is 0 Å². The molecule has 0 aromatic carbocycles. The molecule has 2 rings (SSSR count). The number of hydrogen-bond acceptors (Lipinski definition) is 2. The van der Waals surface area contributed by atoms with E-state index in [0.717, 1.165) is 32.1 Å². The van der Waals surface area contributed by atoms with E-state index < -0.39 is 0 Å². The van der Waals surface area contributed by atoms with E-state index in [1.165, 1.54) is 19.3 Å². The van der Waals surface area contributed by atoms with Gasteiger partial charge in [-0.1, -0.05) is 32.6 Å². The number of nitrogens with one attached hydrogen (secondary N) is 3. The fraction of sp³-hybridized carbons (Fsp3) is 0.875. The summed E-state index contributed by atoms with van der Waals surface area (Å²) >= 11 is 0. The van der Waals surface area contributed by atoms with Gasteiger partial charge in [0.1, 0.15) is 0 Å². The first kappa shape index (κ1) is 16.1. The molecule has 0 saturated heterocycles. The zero-order valence-corrected chi connectivity index (χ0v) is 13.1. The molecule has 3 N–H and O–H groups in total. The lowest BCUT2D eigenvalue weighted by molar-refractivity contribution is -0.125. The molecule has 3 amide bonds. The van der Waals surface area contributed by atoms with Crippen LogP contribution in [0.2, 0.25) is 0 Å². The van der Waals surface area contributed by atoms with E-state index in [9.17, 15) is 9.59 Å². The van der Waals surface area contributed by atoms with Crippen molar-refractivity contribution in [2.45, 2.75) is 64.3 Å². The fourth-order valence-corrected chi connectivity index (χ4v) is 3.45. The third kappa shape index (κ3) is 5.21. The van der Waals surface area contributed by atoms with Crippen molar-refractivity contribution in [3.8, 4) is 0 Å². The van der Waals surface area contributed by atoms with E-state index in [2.05, 4.69) is 22.9 Å². The third-order valence-corrected chi connectivity index (χ3v) is 4.86. The van der Waals surface area contributed by atoms with Crippen LogP contribution in [0.3, 0.4) is 0 Å². The van der Waals surface area contributed by atoms with Gasteiger partial charge in [0.2, 0.25) is 5.91 Å². The molecule has 5 nitrogen and oxygen atoms in total. The Morgan fingerprint density at radius 2 is 1.62 bits per heavy atom. The van der Waals surface area contributed by atoms with Crippen molar-refractivity contribution in [2.24, 2.45) is 11.8 Å². The molecule has 21 heavy (non-hydrogen) atoms. The molecule has 0 spiro atoms. The van der Waals surface area contributed by atoms with Gasteiger partial charge in [0.25, 0.3) is 0 Å². The van der Waals surface area contributed by atoms with Crippen molar-refractivity contribution in [1.82, 2.24) is 16.0 Å². The molecule has 0 radical (unpaired) electrons. The smallest absolute Gasteiger partial charge is 0.315 e. The van der Waals surface area contributed by atoms with Crippen molar-refractivity contribution in [3.63, 3.8) is 0 Å². The van der Waals surface area contributed by atoms with Gasteiger partial charge in [0.05, 0.1) is 0 Å². The number of carbonyl (C=O) groups is 2. The largest absolute Gasteiger partial charge is 0.354 e. The highest BCUT2D eigenvalue weighted by Crippen LogP contribution is 2.24. The average molecular weight is 295 g/mol. The number of carbonyl (C=O) groups excluding carboxylic acids is 2. The molecule has 0 heterocycles. The summed E-state index contributed by atoms with van der Waals surface area (Å²) < 4.78 is 0. The highest BCUT2D eigenvalue weighted by molar-refractivity contribution is 5.78. The van der Waals surface area contributed by atoms with Gasteiger partial charge in [-0.15, -0.1) is 0 Å². The lowest BCUT2D eigenvalue weighted by Gasteiger charge is -2.21. The summed E-state index contributed by atoms with van der Waals surface area (Å²) in [4.78, 5) is 23.7. The standard InChI is InChI=1S/C16H29N3O2/c1-12-6-5-9-14(12)19-16(21)18-11-10-17-15(20)13-7-3-2-4-8-13/h12-14H,2-11H2,1H3,(H,17,20)(H2,18,19,21)/t12-,14+/m0/s1. The van der Waals surface area contributed by atoms with Gasteiger partial charge in [-0.2, -0.15) is 0 Å². The second-order valence-corrected chi connectivity index (χ2v) is 6.54. The van der Waals surface area contributed by atoms with Gasteiger partial charge in [0, 0.05) is 25.0 Å². The lowest BCUT2D eigenvalue weighted by Crippen LogP contribution is -2.45. The van der Waals surface area contributed by atoms with Gasteiger partial charge in [-0.05, 0) is 31.6 Å². The summed E-state index contributed by atoms with van der Waals surface area (Å²) in [6.45, 7) is 3.19. The quantitative estimate of drug-likeness (QED) is 0.680. The summed E-state index contributed by atoms with van der Waals surface area (Å²) in [5.41, 5.74) is 0. The molecule has 0 unspecified atom stereocenters. The Morgan fingerprint density at radius 3 is 2.29 bits per heavy atom. The van der Waals surface area contributed by atoms with E-state index in [0.29, 0.717) is 25.0 Å². The summed E-state index contributed by atoms with van der Waals surface area (Å²) in [5, 5.41) is 8.77. The predicted octanol–water partition coefficient (Wildman–Crippen LogP) is 2.17. The first-order valence-electron chi connectivity index (χ1n) is 8.49. The van der Waals surface area contributed by atoms with Gasteiger partial charge >= 0.3 is 6.03 Å². The monoisotopic (exact) mass is 295 g/mol. The van der Waals surface area contributed by atoms with Crippen LogP contribution in [0.4, 0.5) is 4.79 Å². The first-order chi connectivity index (χ1) is 10.2. The van der Waals surface area contributed by atoms with Crippen molar-refractivity contribution in [3.05, 3.63) is 0 Å². The predicted molar refractivity (Wildman–Crippen MR) is 82.9 cm³/mol. The zero-order valence-electron chi connectivity index (χ0n) is 13.1. The molecule has 0 aromatic heterocycles. The molecule has 0 aliphatic heterocycles. The van der Waals surface area contributed by atoms with Gasteiger partial charge in [0.15, 0.2) is 0 Å². The van der Waals surface area contributed by atoms with Crippen molar-refractivity contribution >= 4 is 11.9 Å². The molecule has 2 aliphatic carbocycles. The third-order valence-electron chi connectivity index (χ3n) is 4.86. The zero-order chi connectivity index (χ0) is 15.1. The highest BCUT2D eigenvalue weighted by Gasteiger charge is 2.24. The minimum absolute atomic E-state index is 0.110.